The highest BCUT2D eigenvalue weighted by molar-refractivity contribution is 6.03. The fourth-order valence-corrected chi connectivity index (χ4v) is 2.14. The molecule has 1 aromatic carbocycles. The average Bonchev–Trinajstić information content (AvgIpc) is 2.98. The number of Topliss-reactive ketones (excluding diaryl/α,β-unsaturated/α-hetero) is 1. The van der Waals surface area contributed by atoms with E-state index in [0.717, 1.165) is 6.07 Å². The summed E-state index contributed by atoms with van der Waals surface area (Å²) in [4.78, 5) is 24.0. The Labute approximate surface area is 119 Å². The van der Waals surface area contributed by atoms with Crippen LogP contribution < -0.4 is 10.1 Å². The molecule has 0 fully saturated rings. The predicted molar refractivity (Wildman–Crippen MR) is 70.3 cm³/mol. The highest BCUT2D eigenvalue weighted by Gasteiger charge is 2.31. The van der Waals surface area contributed by atoms with Crippen molar-refractivity contribution in [1.82, 2.24) is 5.32 Å². The first kappa shape index (κ1) is 13.4. The molecule has 1 aliphatic rings. The summed E-state index contributed by atoms with van der Waals surface area (Å²) in [7, 11) is 0. The summed E-state index contributed by atoms with van der Waals surface area (Å²) in [6.07, 6.45) is 0.485. The van der Waals surface area contributed by atoms with Gasteiger partial charge in [0, 0.05) is 0 Å². The van der Waals surface area contributed by atoms with Crippen LogP contribution in [-0.2, 0) is 11.3 Å². The number of hydrogen-bond acceptors (Lipinski definition) is 4. The minimum atomic E-state index is -0.912. The number of fused-ring (bicyclic) bond motifs is 1. The van der Waals surface area contributed by atoms with Crippen LogP contribution in [0.5, 0.6) is 5.75 Å². The summed E-state index contributed by atoms with van der Waals surface area (Å²) < 4.78 is 23.7. The van der Waals surface area contributed by atoms with Crippen molar-refractivity contribution in [2.45, 2.75) is 19.1 Å². The van der Waals surface area contributed by atoms with E-state index in [9.17, 15) is 14.0 Å². The number of ketones is 1. The lowest BCUT2D eigenvalue weighted by molar-refractivity contribution is -0.128. The summed E-state index contributed by atoms with van der Waals surface area (Å²) in [6, 6.07) is 7.11. The highest BCUT2D eigenvalue weighted by atomic mass is 19.1. The van der Waals surface area contributed by atoms with E-state index in [-0.39, 0.29) is 30.1 Å². The Morgan fingerprint density at radius 1 is 1.38 bits per heavy atom. The number of rotatable bonds is 3. The van der Waals surface area contributed by atoms with Gasteiger partial charge < -0.3 is 14.5 Å². The van der Waals surface area contributed by atoms with E-state index in [2.05, 4.69) is 5.32 Å². The number of carbonyl (C=O) groups is 2. The molecule has 2 aromatic rings. The minimum absolute atomic E-state index is 0.111. The molecule has 1 amide bonds. The van der Waals surface area contributed by atoms with E-state index in [1.807, 2.05) is 0 Å². The molecule has 0 saturated carbocycles. The van der Waals surface area contributed by atoms with Gasteiger partial charge in [-0.1, -0.05) is 0 Å². The maximum atomic E-state index is 13.1. The molecule has 0 spiro atoms. The van der Waals surface area contributed by atoms with E-state index in [1.54, 1.807) is 12.1 Å². The van der Waals surface area contributed by atoms with E-state index in [1.165, 1.54) is 18.4 Å². The monoisotopic (exact) mass is 289 g/mol. The fraction of sp³-hybridized carbons (Fsp3) is 0.200. The van der Waals surface area contributed by atoms with Gasteiger partial charge in [0.25, 0.3) is 5.91 Å². The molecular formula is C15H12FNO4. The molecule has 6 heteroatoms. The molecule has 1 aromatic heterocycles. The first-order valence-electron chi connectivity index (χ1n) is 6.43. The van der Waals surface area contributed by atoms with Gasteiger partial charge in [-0.2, -0.15) is 0 Å². The summed E-state index contributed by atoms with van der Waals surface area (Å²) in [6.45, 7) is 0.218. The number of halogens is 1. The van der Waals surface area contributed by atoms with E-state index in [4.69, 9.17) is 9.15 Å². The molecular weight excluding hydrogens is 277 g/mol. The second-order valence-corrected chi connectivity index (χ2v) is 4.67. The normalized spacial score (nSPS) is 17.0. The van der Waals surface area contributed by atoms with Crippen molar-refractivity contribution in [2.24, 2.45) is 0 Å². The van der Waals surface area contributed by atoms with Gasteiger partial charge in [0.2, 0.25) is 0 Å². The predicted octanol–water partition coefficient (Wildman–Crippen LogP) is 2.07. The van der Waals surface area contributed by atoms with Crippen LogP contribution in [0.2, 0.25) is 0 Å². The Hall–Kier alpha value is -2.63. The Morgan fingerprint density at radius 2 is 2.24 bits per heavy atom. The Balaban J connectivity index is 1.69. The maximum absolute atomic E-state index is 13.1. The number of hydrogen-bond donors (Lipinski definition) is 1. The Morgan fingerprint density at radius 3 is 3.00 bits per heavy atom. The van der Waals surface area contributed by atoms with Crippen LogP contribution >= 0.6 is 0 Å². The van der Waals surface area contributed by atoms with Crippen molar-refractivity contribution in [3.05, 3.63) is 53.7 Å². The molecule has 3 rings (SSSR count). The second kappa shape index (κ2) is 5.40. The van der Waals surface area contributed by atoms with Gasteiger partial charge in [-0.15, -0.1) is 0 Å². The standard InChI is InChI=1S/C15H12FNO4/c16-9-3-4-13-11(6-9)12(18)7-14(21-13)15(19)17-8-10-2-1-5-20-10/h1-6,14H,7-8H2,(H,17,19)/t14-/m0/s1. The molecule has 0 aliphatic carbocycles. The molecule has 108 valence electrons. The first-order chi connectivity index (χ1) is 10.1. The molecule has 0 unspecified atom stereocenters. The quantitative estimate of drug-likeness (QED) is 0.939. The van der Waals surface area contributed by atoms with Crippen LogP contribution in [0.15, 0.2) is 41.0 Å². The molecule has 2 heterocycles. The van der Waals surface area contributed by atoms with Gasteiger partial charge in [0.1, 0.15) is 17.3 Å². The topological polar surface area (TPSA) is 68.5 Å². The van der Waals surface area contributed by atoms with Crippen molar-refractivity contribution in [1.29, 1.82) is 0 Å². The molecule has 21 heavy (non-hydrogen) atoms. The maximum Gasteiger partial charge on any atom is 0.261 e. The van der Waals surface area contributed by atoms with E-state index >= 15 is 0 Å². The van der Waals surface area contributed by atoms with Gasteiger partial charge in [-0.05, 0) is 30.3 Å². The smallest absolute Gasteiger partial charge is 0.261 e. The average molecular weight is 289 g/mol. The largest absolute Gasteiger partial charge is 0.479 e. The highest BCUT2D eigenvalue weighted by Crippen LogP contribution is 2.28. The zero-order valence-electron chi connectivity index (χ0n) is 11.0. The van der Waals surface area contributed by atoms with Gasteiger partial charge in [0.15, 0.2) is 11.9 Å². The number of nitrogens with one attached hydrogen (secondary N) is 1. The molecule has 1 atom stereocenters. The number of carbonyl (C=O) groups excluding carboxylic acids is 2. The van der Waals surface area contributed by atoms with Crippen LogP contribution in [0.3, 0.4) is 0 Å². The molecule has 0 radical (unpaired) electrons. The number of benzene rings is 1. The molecule has 0 bridgehead atoms. The third-order valence-electron chi connectivity index (χ3n) is 3.19. The van der Waals surface area contributed by atoms with Crippen LogP contribution in [0.4, 0.5) is 4.39 Å². The molecule has 5 nitrogen and oxygen atoms in total. The minimum Gasteiger partial charge on any atom is -0.479 e. The Bertz CT molecular complexity index is 681. The van der Waals surface area contributed by atoms with Gasteiger partial charge in [0.05, 0.1) is 24.8 Å². The van der Waals surface area contributed by atoms with Crippen LogP contribution in [0.25, 0.3) is 0 Å². The lowest BCUT2D eigenvalue weighted by Crippen LogP contribution is -2.41. The van der Waals surface area contributed by atoms with Crippen molar-refractivity contribution in [3.8, 4) is 5.75 Å². The molecule has 1 aliphatic heterocycles. The van der Waals surface area contributed by atoms with Crippen molar-refractivity contribution < 1.29 is 23.1 Å². The van der Waals surface area contributed by atoms with Crippen molar-refractivity contribution >= 4 is 11.7 Å². The first-order valence-corrected chi connectivity index (χ1v) is 6.43. The third kappa shape index (κ3) is 2.79. The summed E-state index contributed by atoms with van der Waals surface area (Å²) >= 11 is 0. The van der Waals surface area contributed by atoms with Crippen molar-refractivity contribution in [2.75, 3.05) is 0 Å². The lowest BCUT2D eigenvalue weighted by atomic mass is 10.00. The second-order valence-electron chi connectivity index (χ2n) is 4.67. The zero-order valence-corrected chi connectivity index (χ0v) is 11.0. The van der Waals surface area contributed by atoms with Crippen LogP contribution in [0.1, 0.15) is 22.5 Å². The number of amides is 1. The van der Waals surface area contributed by atoms with E-state index in [0.29, 0.717) is 5.76 Å². The third-order valence-corrected chi connectivity index (χ3v) is 3.19. The SMILES string of the molecule is O=C1C[C@@H](C(=O)NCc2ccco2)Oc2ccc(F)cc21. The summed E-state index contributed by atoms with van der Waals surface area (Å²) in [5.41, 5.74) is 0.171. The summed E-state index contributed by atoms with van der Waals surface area (Å²) in [5, 5.41) is 2.63. The van der Waals surface area contributed by atoms with Gasteiger partial charge >= 0.3 is 0 Å². The van der Waals surface area contributed by atoms with Crippen LogP contribution in [-0.4, -0.2) is 17.8 Å². The van der Waals surface area contributed by atoms with Gasteiger partial charge in [-0.3, -0.25) is 9.59 Å². The van der Waals surface area contributed by atoms with Crippen LogP contribution in [0, 0.1) is 5.82 Å². The van der Waals surface area contributed by atoms with Crippen molar-refractivity contribution in [3.63, 3.8) is 0 Å². The summed E-state index contributed by atoms with van der Waals surface area (Å²) in [5.74, 6) is -0.395. The van der Waals surface area contributed by atoms with E-state index < -0.39 is 17.8 Å². The molecule has 1 N–H and O–H groups in total. The molecule has 0 saturated heterocycles. The fourth-order valence-electron chi connectivity index (χ4n) is 2.14. The number of ether oxygens (including phenoxy) is 1. The Kier molecular flexibility index (Phi) is 3.43. The zero-order chi connectivity index (χ0) is 14.8. The van der Waals surface area contributed by atoms with Gasteiger partial charge in [-0.25, -0.2) is 4.39 Å². The lowest BCUT2D eigenvalue weighted by Gasteiger charge is -2.24. The number of furan rings is 1.